The first-order valence-corrected chi connectivity index (χ1v) is 6.07. The monoisotopic (exact) mass is 308 g/mol. The Balaban J connectivity index is 2.49. The maximum atomic E-state index is 11.7. The molecule has 0 fully saturated rings. The second-order valence-electron chi connectivity index (χ2n) is 2.79. The van der Waals surface area contributed by atoms with E-state index in [1.165, 1.54) is 4.88 Å². The molecule has 0 N–H and O–H groups in total. The van der Waals surface area contributed by atoms with Gasteiger partial charge in [-0.2, -0.15) is 0 Å². The van der Waals surface area contributed by atoms with Crippen LogP contribution in [0.25, 0.3) is 0 Å². The van der Waals surface area contributed by atoms with E-state index in [4.69, 9.17) is 0 Å². The second-order valence-corrected chi connectivity index (χ2v) is 7.56. The van der Waals surface area contributed by atoms with Crippen LogP contribution >= 0.6 is 43.2 Å². The minimum atomic E-state index is -0.506. The number of hydrogen-bond acceptors (Lipinski definition) is 2. The van der Waals surface area contributed by atoms with Crippen LogP contribution in [0, 0.1) is 0 Å². The summed E-state index contributed by atoms with van der Waals surface area (Å²) < 4.78 is -0.506. The Hall–Kier alpha value is 0.330. The Morgan fingerprint density at radius 2 is 2.25 bits per heavy atom. The van der Waals surface area contributed by atoms with Crippen LogP contribution in [-0.2, 0) is 6.42 Å². The van der Waals surface area contributed by atoms with Crippen LogP contribution < -0.4 is 0 Å². The fourth-order valence-electron chi connectivity index (χ4n) is 1.32. The molecule has 0 unspecified atom stereocenters. The summed E-state index contributed by atoms with van der Waals surface area (Å²) in [6, 6.07) is 1.90. The lowest BCUT2D eigenvalue weighted by Crippen LogP contribution is -2.29. The van der Waals surface area contributed by atoms with Crippen molar-refractivity contribution >= 4 is 49.0 Å². The van der Waals surface area contributed by atoms with Crippen LogP contribution in [0.5, 0.6) is 0 Å². The van der Waals surface area contributed by atoms with Gasteiger partial charge in [0.25, 0.3) is 0 Å². The van der Waals surface area contributed by atoms with Crippen LogP contribution in [0.15, 0.2) is 11.4 Å². The van der Waals surface area contributed by atoms with Gasteiger partial charge < -0.3 is 0 Å². The van der Waals surface area contributed by atoms with E-state index in [9.17, 15) is 4.79 Å². The summed E-state index contributed by atoms with van der Waals surface area (Å²) in [4.78, 5) is 12.9. The van der Waals surface area contributed by atoms with E-state index in [0.29, 0.717) is 0 Å². The highest BCUT2D eigenvalue weighted by Crippen LogP contribution is 2.41. The van der Waals surface area contributed by atoms with Crippen molar-refractivity contribution in [1.29, 1.82) is 0 Å². The molecule has 1 aliphatic rings. The molecule has 2 rings (SSSR count). The summed E-state index contributed by atoms with van der Waals surface area (Å²) in [7, 11) is 0. The Labute approximate surface area is 91.4 Å². The average Bonchev–Trinajstić information content (AvgIpc) is 2.45. The highest BCUT2D eigenvalue weighted by atomic mass is 79.9. The molecule has 1 aliphatic carbocycles. The molecule has 0 saturated carbocycles. The van der Waals surface area contributed by atoms with Crippen molar-refractivity contribution in [2.24, 2.45) is 0 Å². The maximum Gasteiger partial charge on any atom is 0.191 e. The van der Waals surface area contributed by atoms with Gasteiger partial charge in [-0.25, -0.2) is 0 Å². The number of halogens is 2. The SMILES string of the molecule is O=C1c2ccsc2CCC1(Br)Br. The largest absolute Gasteiger partial charge is 0.292 e. The van der Waals surface area contributed by atoms with E-state index in [0.717, 1.165) is 18.4 Å². The molecule has 0 aliphatic heterocycles. The van der Waals surface area contributed by atoms with E-state index in [2.05, 4.69) is 31.9 Å². The summed E-state index contributed by atoms with van der Waals surface area (Å²) in [5.41, 5.74) is 0.875. The number of ketones is 1. The smallest absolute Gasteiger partial charge is 0.191 e. The third kappa shape index (κ3) is 1.30. The van der Waals surface area contributed by atoms with Crippen molar-refractivity contribution < 1.29 is 4.79 Å². The highest BCUT2D eigenvalue weighted by Gasteiger charge is 2.38. The van der Waals surface area contributed by atoms with Gasteiger partial charge in [-0.05, 0) is 24.3 Å². The molecule has 0 aromatic carbocycles. The molecule has 4 heteroatoms. The molecule has 0 saturated heterocycles. The molecule has 0 spiro atoms. The lowest BCUT2D eigenvalue weighted by atomic mass is 9.98. The zero-order valence-corrected chi connectivity index (χ0v) is 10.1. The van der Waals surface area contributed by atoms with E-state index in [-0.39, 0.29) is 5.78 Å². The predicted molar refractivity (Wildman–Crippen MR) is 57.6 cm³/mol. The van der Waals surface area contributed by atoms with E-state index in [1.807, 2.05) is 11.4 Å². The Morgan fingerprint density at radius 3 is 3.00 bits per heavy atom. The van der Waals surface area contributed by atoms with Gasteiger partial charge >= 0.3 is 0 Å². The summed E-state index contributed by atoms with van der Waals surface area (Å²) in [5.74, 6) is 0.157. The number of thiophene rings is 1. The van der Waals surface area contributed by atoms with Crippen molar-refractivity contribution in [3.63, 3.8) is 0 Å². The number of rotatable bonds is 0. The summed E-state index contributed by atoms with van der Waals surface area (Å²) in [6.07, 6.45) is 1.81. The van der Waals surface area contributed by atoms with Crippen LogP contribution in [0.1, 0.15) is 21.7 Å². The molecule has 1 aromatic heterocycles. The Bertz CT molecular complexity index is 330. The topological polar surface area (TPSA) is 17.1 Å². The number of fused-ring (bicyclic) bond motifs is 1. The third-order valence-corrected chi connectivity index (χ3v) is 4.48. The fraction of sp³-hybridized carbons (Fsp3) is 0.375. The van der Waals surface area contributed by atoms with Crippen molar-refractivity contribution in [1.82, 2.24) is 0 Å². The molecule has 0 bridgehead atoms. The molecule has 1 heterocycles. The van der Waals surface area contributed by atoms with Crippen LogP contribution in [0.2, 0.25) is 0 Å². The van der Waals surface area contributed by atoms with Crippen molar-refractivity contribution in [3.8, 4) is 0 Å². The molecule has 0 atom stereocenters. The van der Waals surface area contributed by atoms with E-state index in [1.54, 1.807) is 11.3 Å². The zero-order chi connectivity index (χ0) is 8.77. The summed E-state index contributed by atoms with van der Waals surface area (Å²) >= 11 is 8.44. The lowest BCUT2D eigenvalue weighted by molar-refractivity contribution is 0.0973. The second kappa shape index (κ2) is 2.93. The minimum Gasteiger partial charge on any atom is -0.292 e. The van der Waals surface area contributed by atoms with Gasteiger partial charge in [0, 0.05) is 10.4 Å². The Morgan fingerprint density at radius 1 is 1.50 bits per heavy atom. The first-order chi connectivity index (χ1) is 5.61. The number of hydrogen-bond donors (Lipinski definition) is 0. The summed E-state index contributed by atoms with van der Waals surface area (Å²) in [6.45, 7) is 0. The standard InChI is InChI=1S/C8H6Br2OS/c9-8(10)3-1-6-5(7(8)11)2-4-12-6/h2,4H,1,3H2. The number of Topliss-reactive ketones (excluding diaryl/α,β-unsaturated/α-hetero) is 1. The van der Waals surface area contributed by atoms with E-state index < -0.39 is 3.23 Å². The quantitative estimate of drug-likeness (QED) is 0.672. The molecular formula is C8H6Br2OS. The third-order valence-electron chi connectivity index (χ3n) is 1.99. The fourth-order valence-corrected chi connectivity index (χ4v) is 3.02. The molecular weight excluding hydrogens is 304 g/mol. The van der Waals surface area contributed by atoms with Gasteiger partial charge in [-0.3, -0.25) is 4.79 Å². The van der Waals surface area contributed by atoms with E-state index >= 15 is 0 Å². The van der Waals surface area contributed by atoms with Gasteiger partial charge in [0.15, 0.2) is 5.78 Å². The van der Waals surface area contributed by atoms with Gasteiger partial charge in [0.05, 0.1) is 0 Å². The average molecular weight is 310 g/mol. The number of carbonyl (C=O) groups is 1. The minimum absolute atomic E-state index is 0.157. The number of carbonyl (C=O) groups excluding carboxylic acids is 1. The number of aryl methyl sites for hydroxylation is 1. The van der Waals surface area contributed by atoms with Crippen molar-refractivity contribution in [2.75, 3.05) is 0 Å². The van der Waals surface area contributed by atoms with Crippen LogP contribution in [-0.4, -0.2) is 9.02 Å². The van der Waals surface area contributed by atoms with Gasteiger partial charge in [0.1, 0.15) is 3.23 Å². The predicted octanol–water partition coefficient (Wildman–Crippen LogP) is 3.36. The van der Waals surface area contributed by atoms with Crippen LogP contribution in [0.3, 0.4) is 0 Å². The molecule has 1 aromatic rings. The number of alkyl halides is 2. The lowest BCUT2D eigenvalue weighted by Gasteiger charge is -2.23. The molecule has 12 heavy (non-hydrogen) atoms. The Kier molecular flexibility index (Phi) is 2.17. The molecule has 1 nitrogen and oxygen atoms in total. The zero-order valence-electron chi connectivity index (χ0n) is 6.14. The normalized spacial score (nSPS) is 20.7. The first kappa shape index (κ1) is 8.91. The maximum absolute atomic E-state index is 11.7. The first-order valence-electron chi connectivity index (χ1n) is 3.60. The summed E-state index contributed by atoms with van der Waals surface area (Å²) in [5, 5.41) is 1.98. The van der Waals surface area contributed by atoms with Gasteiger partial charge in [0.2, 0.25) is 0 Å². The van der Waals surface area contributed by atoms with Crippen molar-refractivity contribution in [3.05, 3.63) is 21.9 Å². The van der Waals surface area contributed by atoms with Crippen LogP contribution in [0.4, 0.5) is 0 Å². The molecule has 64 valence electrons. The molecule has 0 radical (unpaired) electrons. The highest BCUT2D eigenvalue weighted by molar-refractivity contribution is 9.26. The van der Waals surface area contributed by atoms with Crippen molar-refractivity contribution in [2.45, 2.75) is 16.1 Å². The molecule has 0 amide bonds. The van der Waals surface area contributed by atoms with Gasteiger partial charge in [-0.15, -0.1) is 11.3 Å². The van der Waals surface area contributed by atoms with Gasteiger partial charge in [-0.1, -0.05) is 31.9 Å².